The van der Waals surface area contributed by atoms with Crippen LogP contribution in [0.4, 0.5) is 0 Å². The Balaban J connectivity index is 1.41. The van der Waals surface area contributed by atoms with Crippen molar-refractivity contribution in [2.24, 2.45) is 0 Å². The van der Waals surface area contributed by atoms with E-state index in [4.69, 9.17) is 8.83 Å². The zero-order valence-corrected chi connectivity index (χ0v) is 13.8. The van der Waals surface area contributed by atoms with Crippen molar-refractivity contribution >= 4 is 17.4 Å². The fourth-order valence-electron chi connectivity index (χ4n) is 2.80. The van der Waals surface area contributed by atoms with Crippen LogP contribution < -0.4 is 0 Å². The van der Waals surface area contributed by atoms with E-state index in [2.05, 4.69) is 19.8 Å². The van der Waals surface area contributed by atoms with Gasteiger partial charge < -0.3 is 13.7 Å². The molecule has 4 rings (SSSR count). The summed E-state index contributed by atoms with van der Waals surface area (Å²) in [6.45, 7) is 3.12. The summed E-state index contributed by atoms with van der Waals surface area (Å²) in [5.74, 6) is 1.26. The van der Waals surface area contributed by atoms with Gasteiger partial charge in [-0.2, -0.15) is 0 Å². The topological polar surface area (TPSA) is 98.2 Å². The molecule has 0 N–H and O–H groups in total. The van der Waals surface area contributed by atoms with E-state index in [-0.39, 0.29) is 11.8 Å². The highest BCUT2D eigenvalue weighted by Crippen LogP contribution is 2.30. The fourth-order valence-corrected chi connectivity index (χ4v) is 3.43. The average Bonchev–Trinajstić information content (AvgIpc) is 3.35. The standard InChI is InChI=1S/C15H15N5O3S/c1-9-12(24-19-16-9)15(21)20-5-2-10(3-6-20)13-17-18-14(23-13)11-4-7-22-8-11/h4,7-8,10H,2-3,5-6H2,1H3. The Morgan fingerprint density at radius 1 is 1.29 bits per heavy atom. The Morgan fingerprint density at radius 2 is 2.12 bits per heavy atom. The first-order valence-electron chi connectivity index (χ1n) is 7.66. The number of amides is 1. The van der Waals surface area contributed by atoms with E-state index in [9.17, 15) is 4.79 Å². The molecule has 8 nitrogen and oxygen atoms in total. The molecule has 1 aliphatic heterocycles. The largest absolute Gasteiger partial charge is 0.472 e. The summed E-state index contributed by atoms with van der Waals surface area (Å²) in [7, 11) is 0. The first-order chi connectivity index (χ1) is 11.7. The van der Waals surface area contributed by atoms with Gasteiger partial charge >= 0.3 is 0 Å². The van der Waals surface area contributed by atoms with Gasteiger partial charge in [0.15, 0.2) is 0 Å². The van der Waals surface area contributed by atoms with Gasteiger partial charge in [-0.1, -0.05) is 4.49 Å². The maximum absolute atomic E-state index is 12.5. The molecule has 1 aliphatic rings. The Hall–Kier alpha value is -2.55. The van der Waals surface area contributed by atoms with Crippen LogP contribution in [0, 0.1) is 6.92 Å². The van der Waals surface area contributed by atoms with Gasteiger partial charge in [0.1, 0.15) is 11.1 Å². The number of likely N-dealkylation sites (tertiary alicyclic amines) is 1. The first kappa shape index (κ1) is 15.0. The number of rotatable bonds is 3. The number of piperidine rings is 1. The third-order valence-electron chi connectivity index (χ3n) is 4.19. The number of carbonyl (C=O) groups is 1. The molecule has 4 heterocycles. The fraction of sp³-hybridized carbons (Fsp3) is 0.400. The van der Waals surface area contributed by atoms with E-state index in [0.29, 0.717) is 35.4 Å². The number of carbonyl (C=O) groups excluding carboxylic acids is 1. The number of nitrogens with zero attached hydrogens (tertiary/aromatic N) is 5. The molecule has 0 atom stereocenters. The van der Waals surface area contributed by atoms with E-state index in [1.807, 2.05) is 4.90 Å². The summed E-state index contributed by atoms with van der Waals surface area (Å²) in [6.07, 6.45) is 4.73. The zero-order chi connectivity index (χ0) is 16.5. The minimum atomic E-state index is 0.00515. The second kappa shape index (κ2) is 6.16. The molecule has 124 valence electrons. The van der Waals surface area contributed by atoms with Gasteiger partial charge in [0.05, 0.1) is 17.5 Å². The van der Waals surface area contributed by atoms with Crippen LogP contribution >= 0.6 is 11.5 Å². The lowest BCUT2D eigenvalue weighted by Crippen LogP contribution is -2.37. The Bertz CT molecular complexity index is 833. The maximum atomic E-state index is 12.5. The van der Waals surface area contributed by atoms with E-state index >= 15 is 0 Å². The molecule has 1 amide bonds. The normalized spacial score (nSPS) is 15.8. The van der Waals surface area contributed by atoms with Crippen LogP contribution in [-0.4, -0.2) is 43.7 Å². The van der Waals surface area contributed by atoms with Gasteiger partial charge in [-0.15, -0.1) is 15.3 Å². The number of hydrogen-bond acceptors (Lipinski definition) is 8. The van der Waals surface area contributed by atoms with Gasteiger partial charge in [0.25, 0.3) is 11.8 Å². The van der Waals surface area contributed by atoms with Crippen molar-refractivity contribution in [3.8, 4) is 11.5 Å². The minimum absolute atomic E-state index is 0.00515. The number of furan rings is 1. The zero-order valence-electron chi connectivity index (χ0n) is 13.0. The number of aryl methyl sites for hydroxylation is 1. The highest BCUT2D eigenvalue weighted by molar-refractivity contribution is 7.07. The highest BCUT2D eigenvalue weighted by Gasteiger charge is 2.29. The lowest BCUT2D eigenvalue weighted by Gasteiger charge is -2.30. The lowest BCUT2D eigenvalue weighted by atomic mass is 9.96. The predicted molar refractivity (Wildman–Crippen MR) is 84.5 cm³/mol. The molecule has 3 aromatic rings. The molecule has 0 radical (unpaired) electrons. The third kappa shape index (κ3) is 2.71. The predicted octanol–water partition coefficient (Wildman–Crippen LogP) is 2.51. The summed E-state index contributed by atoms with van der Waals surface area (Å²) in [4.78, 5) is 14.9. The number of hydrogen-bond donors (Lipinski definition) is 0. The Morgan fingerprint density at radius 3 is 2.79 bits per heavy atom. The van der Waals surface area contributed by atoms with Crippen LogP contribution in [0.2, 0.25) is 0 Å². The van der Waals surface area contributed by atoms with Crippen molar-refractivity contribution in [1.82, 2.24) is 24.7 Å². The summed E-state index contributed by atoms with van der Waals surface area (Å²) in [5.41, 5.74) is 1.46. The summed E-state index contributed by atoms with van der Waals surface area (Å²) in [5, 5.41) is 12.1. The van der Waals surface area contributed by atoms with Crippen LogP contribution in [-0.2, 0) is 0 Å². The van der Waals surface area contributed by atoms with E-state index in [1.54, 1.807) is 25.5 Å². The maximum Gasteiger partial charge on any atom is 0.267 e. The van der Waals surface area contributed by atoms with Crippen LogP contribution in [0.15, 0.2) is 27.4 Å². The van der Waals surface area contributed by atoms with Crippen LogP contribution in [0.1, 0.15) is 40.0 Å². The molecule has 3 aromatic heterocycles. The first-order valence-corrected chi connectivity index (χ1v) is 8.44. The molecule has 0 bridgehead atoms. The quantitative estimate of drug-likeness (QED) is 0.719. The monoisotopic (exact) mass is 345 g/mol. The van der Waals surface area contributed by atoms with Gasteiger partial charge in [0.2, 0.25) is 5.89 Å². The van der Waals surface area contributed by atoms with E-state index < -0.39 is 0 Å². The highest BCUT2D eigenvalue weighted by atomic mass is 32.1. The minimum Gasteiger partial charge on any atom is -0.472 e. The molecule has 0 spiro atoms. The van der Waals surface area contributed by atoms with E-state index in [1.165, 1.54) is 0 Å². The van der Waals surface area contributed by atoms with Gasteiger partial charge in [-0.3, -0.25) is 4.79 Å². The van der Waals surface area contributed by atoms with Crippen LogP contribution in [0.25, 0.3) is 11.5 Å². The molecule has 24 heavy (non-hydrogen) atoms. The third-order valence-corrected chi connectivity index (χ3v) is 5.00. The van der Waals surface area contributed by atoms with Gasteiger partial charge in [-0.05, 0) is 37.4 Å². The second-order valence-electron chi connectivity index (χ2n) is 5.71. The molecule has 0 saturated carbocycles. The van der Waals surface area contributed by atoms with Crippen LogP contribution in [0.3, 0.4) is 0 Å². The van der Waals surface area contributed by atoms with Crippen molar-refractivity contribution in [3.05, 3.63) is 35.1 Å². The molecule has 1 fully saturated rings. The summed E-state index contributed by atoms with van der Waals surface area (Å²) < 4.78 is 14.6. The lowest BCUT2D eigenvalue weighted by molar-refractivity contribution is 0.0710. The van der Waals surface area contributed by atoms with Crippen LogP contribution in [0.5, 0.6) is 0 Å². The molecule has 1 saturated heterocycles. The number of aromatic nitrogens is 4. The van der Waals surface area contributed by atoms with Gasteiger partial charge in [0, 0.05) is 19.0 Å². The van der Waals surface area contributed by atoms with Crippen molar-refractivity contribution in [3.63, 3.8) is 0 Å². The van der Waals surface area contributed by atoms with Crippen molar-refractivity contribution in [1.29, 1.82) is 0 Å². The SMILES string of the molecule is Cc1nnsc1C(=O)N1CCC(c2nnc(-c3ccoc3)o2)CC1. The van der Waals surface area contributed by atoms with Crippen molar-refractivity contribution in [2.45, 2.75) is 25.7 Å². The molecular formula is C15H15N5O3S. The Labute approximate surface area is 141 Å². The second-order valence-corrected chi connectivity index (χ2v) is 6.47. The molecule has 9 heteroatoms. The average molecular weight is 345 g/mol. The summed E-state index contributed by atoms with van der Waals surface area (Å²) >= 11 is 1.15. The van der Waals surface area contributed by atoms with Crippen molar-refractivity contribution in [2.75, 3.05) is 13.1 Å². The Kier molecular flexibility index (Phi) is 3.85. The molecule has 0 aliphatic carbocycles. The molecular weight excluding hydrogens is 330 g/mol. The molecule has 0 aromatic carbocycles. The van der Waals surface area contributed by atoms with Gasteiger partial charge in [-0.25, -0.2) is 0 Å². The van der Waals surface area contributed by atoms with E-state index in [0.717, 1.165) is 29.9 Å². The molecule has 0 unspecified atom stereocenters. The van der Waals surface area contributed by atoms with Crippen molar-refractivity contribution < 1.29 is 13.6 Å². The summed E-state index contributed by atoms with van der Waals surface area (Å²) in [6, 6.07) is 1.78. The smallest absolute Gasteiger partial charge is 0.267 e.